The van der Waals surface area contributed by atoms with E-state index in [1.807, 2.05) is 80.3 Å². The lowest BCUT2D eigenvalue weighted by molar-refractivity contribution is -0.127. The van der Waals surface area contributed by atoms with Gasteiger partial charge in [0.2, 0.25) is 0 Å². The molecule has 0 saturated carbocycles. The third-order valence-electron chi connectivity index (χ3n) is 8.23. The van der Waals surface area contributed by atoms with Gasteiger partial charge in [-0.25, -0.2) is 0 Å². The van der Waals surface area contributed by atoms with Crippen molar-refractivity contribution >= 4 is 45.0 Å². The molecular formula is C32H28BrNO4. The van der Waals surface area contributed by atoms with Gasteiger partial charge in [-0.05, 0) is 41.5 Å². The number of hydrogen-bond acceptors (Lipinski definition) is 5. The summed E-state index contributed by atoms with van der Waals surface area (Å²) in [6.07, 6.45) is 3.92. The molecule has 1 spiro atoms. The third-order valence-corrected chi connectivity index (χ3v) is 8.72. The Bertz CT molecular complexity index is 1510. The molecule has 6 heteroatoms. The van der Waals surface area contributed by atoms with Gasteiger partial charge in [-0.3, -0.25) is 14.4 Å². The molecule has 3 atom stereocenters. The number of nitrogens with zero attached hydrogens (tertiary/aromatic N) is 1. The average Bonchev–Trinajstić information content (AvgIpc) is 3.33. The van der Waals surface area contributed by atoms with E-state index in [2.05, 4.69) is 15.9 Å². The van der Waals surface area contributed by atoms with Crippen molar-refractivity contribution in [2.45, 2.75) is 38.8 Å². The monoisotopic (exact) mass is 569 g/mol. The van der Waals surface area contributed by atoms with Crippen LogP contribution in [0, 0.1) is 10.8 Å². The van der Waals surface area contributed by atoms with Crippen LogP contribution in [-0.2, 0) is 4.79 Å². The van der Waals surface area contributed by atoms with Crippen LogP contribution in [0.25, 0.3) is 6.08 Å². The standard InChI is InChI=1S/C32H28BrNO4/c1-31(2,3)30(37)27-26(19-8-7-9-21(17-19)38-4)32(28(35)22-10-5-6-11-23(22)29(32)36)25-15-12-18-16-20(33)13-14-24(18)34(25)27/h5-17,25-27H,1-4H3. The molecule has 1 aliphatic carbocycles. The van der Waals surface area contributed by atoms with E-state index in [1.54, 1.807) is 31.4 Å². The summed E-state index contributed by atoms with van der Waals surface area (Å²) in [7, 11) is 1.59. The normalized spacial score (nSPS) is 22.9. The van der Waals surface area contributed by atoms with Gasteiger partial charge < -0.3 is 9.64 Å². The van der Waals surface area contributed by atoms with Gasteiger partial charge >= 0.3 is 0 Å². The Labute approximate surface area is 230 Å². The summed E-state index contributed by atoms with van der Waals surface area (Å²) in [5.74, 6) is -0.584. The molecule has 38 heavy (non-hydrogen) atoms. The second-order valence-electron chi connectivity index (χ2n) is 11.3. The predicted octanol–water partition coefficient (Wildman–Crippen LogP) is 6.51. The Balaban J connectivity index is 1.70. The predicted molar refractivity (Wildman–Crippen MR) is 151 cm³/mol. The van der Waals surface area contributed by atoms with Crippen molar-refractivity contribution < 1.29 is 19.1 Å². The highest BCUT2D eigenvalue weighted by atomic mass is 79.9. The number of methoxy groups -OCH3 is 1. The molecule has 0 bridgehead atoms. The van der Waals surface area contributed by atoms with Crippen LogP contribution in [0.2, 0.25) is 0 Å². The molecule has 0 amide bonds. The van der Waals surface area contributed by atoms with Crippen LogP contribution in [0.3, 0.4) is 0 Å². The van der Waals surface area contributed by atoms with Crippen molar-refractivity contribution in [3.63, 3.8) is 0 Å². The largest absolute Gasteiger partial charge is 0.497 e. The van der Waals surface area contributed by atoms with Gasteiger partial charge in [0.05, 0.1) is 19.2 Å². The van der Waals surface area contributed by atoms with Crippen LogP contribution < -0.4 is 9.64 Å². The molecule has 192 valence electrons. The number of fused-ring (bicyclic) bond motifs is 5. The first kappa shape index (κ1) is 24.8. The van der Waals surface area contributed by atoms with Crippen molar-refractivity contribution in [1.82, 2.24) is 0 Å². The number of carbonyl (C=O) groups excluding carboxylic acids is 3. The molecule has 3 aromatic carbocycles. The Morgan fingerprint density at radius 1 is 0.947 bits per heavy atom. The van der Waals surface area contributed by atoms with E-state index in [1.165, 1.54) is 0 Å². The SMILES string of the molecule is COc1cccc(C2C(C(=O)C(C)(C)C)N3c4ccc(Br)cc4C=CC3C23C(=O)c2ccccc2C3=O)c1. The fraction of sp³-hybridized carbons (Fsp3) is 0.281. The second-order valence-corrected chi connectivity index (χ2v) is 12.2. The van der Waals surface area contributed by atoms with Crippen molar-refractivity contribution in [2.75, 3.05) is 12.0 Å². The highest BCUT2D eigenvalue weighted by Crippen LogP contribution is 2.61. The maximum atomic E-state index is 14.6. The van der Waals surface area contributed by atoms with Crippen molar-refractivity contribution in [3.05, 3.63) is 99.5 Å². The Morgan fingerprint density at radius 3 is 2.26 bits per heavy atom. The van der Waals surface area contributed by atoms with E-state index in [0.29, 0.717) is 16.9 Å². The van der Waals surface area contributed by atoms with E-state index in [9.17, 15) is 14.4 Å². The second kappa shape index (κ2) is 8.50. The summed E-state index contributed by atoms with van der Waals surface area (Å²) in [6, 6.07) is 19.0. The molecule has 3 unspecified atom stereocenters. The Kier molecular flexibility index (Phi) is 5.55. The van der Waals surface area contributed by atoms with Crippen molar-refractivity contribution in [3.8, 4) is 5.75 Å². The minimum absolute atomic E-state index is 0.0204. The van der Waals surface area contributed by atoms with Crippen molar-refractivity contribution in [1.29, 1.82) is 0 Å². The van der Waals surface area contributed by atoms with E-state index in [-0.39, 0.29) is 17.3 Å². The van der Waals surface area contributed by atoms with Gasteiger partial charge in [0.1, 0.15) is 11.2 Å². The molecule has 1 fully saturated rings. The number of ketones is 3. The first-order valence-electron chi connectivity index (χ1n) is 12.7. The molecule has 0 N–H and O–H groups in total. The maximum absolute atomic E-state index is 14.6. The minimum Gasteiger partial charge on any atom is -0.497 e. The van der Waals surface area contributed by atoms with E-state index < -0.39 is 28.8 Å². The molecule has 1 saturated heterocycles. The molecule has 6 rings (SSSR count). The lowest BCUT2D eigenvalue weighted by Crippen LogP contribution is -2.49. The van der Waals surface area contributed by atoms with Crippen LogP contribution in [0.1, 0.15) is 58.5 Å². The summed E-state index contributed by atoms with van der Waals surface area (Å²) in [5, 5.41) is 0. The first-order valence-corrected chi connectivity index (χ1v) is 13.5. The molecular weight excluding hydrogens is 542 g/mol. The fourth-order valence-electron chi connectivity index (χ4n) is 6.60. The number of anilines is 1. The minimum atomic E-state index is -1.50. The molecule has 3 aromatic rings. The number of ether oxygens (including phenoxy) is 1. The van der Waals surface area contributed by atoms with Gasteiger partial charge in [0, 0.05) is 32.6 Å². The molecule has 2 aliphatic heterocycles. The Morgan fingerprint density at radius 2 is 1.63 bits per heavy atom. The molecule has 5 nitrogen and oxygen atoms in total. The van der Waals surface area contributed by atoms with Crippen LogP contribution in [-0.4, -0.2) is 36.5 Å². The lowest BCUT2D eigenvalue weighted by Gasteiger charge is -2.38. The van der Waals surface area contributed by atoms with Gasteiger partial charge in [-0.15, -0.1) is 0 Å². The Hall–Kier alpha value is -3.51. The molecule has 3 aliphatic rings. The number of hydrogen-bond donors (Lipinski definition) is 0. The van der Waals surface area contributed by atoms with Crippen LogP contribution >= 0.6 is 15.9 Å². The van der Waals surface area contributed by atoms with Crippen molar-refractivity contribution in [2.24, 2.45) is 10.8 Å². The number of halogens is 1. The topological polar surface area (TPSA) is 63.7 Å². The zero-order valence-corrected chi connectivity index (χ0v) is 23.3. The summed E-state index contributed by atoms with van der Waals surface area (Å²) >= 11 is 3.56. The zero-order chi connectivity index (χ0) is 27.0. The quantitative estimate of drug-likeness (QED) is 0.336. The fourth-order valence-corrected chi connectivity index (χ4v) is 6.98. The lowest BCUT2D eigenvalue weighted by atomic mass is 9.63. The number of benzene rings is 3. The highest BCUT2D eigenvalue weighted by molar-refractivity contribution is 9.10. The third kappa shape index (κ3) is 3.25. The van der Waals surface area contributed by atoms with E-state index in [0.717, 1.165) is 21.3 Å². The van der Waals surface area contributed by atoms with Gasteiger partial charge in [0.15, 0.2) is 17.3 Å². The van der Waals surface area contributed by atoms with Crippen LogP contribution in [0.4, 0.5) is 5.69 Å². The summed E-state index contributed by atoms with van der Waals surface area (Å²) in [5.41, 5.74) is 1.13. The van der Waals surface area contributed by atoms with E-state index in [4.69, 9.17) is 4.74 Å². The van der Waals surface area contributed by atoms with E-state index >= 15 is 0 Å². The summed E-state index contributed by atoms with van der Waals surface area (Å²) < 4.78 is 6.46. The molecule has 2 heterocycles. The molecule has 0 aromatic heterocycles. The van der Waals surface area contributed by atoms with Crippen LogP contribution in [0.5, 0.6) is 5.75 Å². The first-order chi connectivity index (χ1) is 18.1. The number of rotatable bonds is 3. The highest BCUT2D eigenvalue weighted by Gasteiger charge is 2.71. The van der Waals surface area contributed by atoms with Gasteiger partial charge in [-0.2, -0.15) is 0 Å². The average molecular weight is 570 g/mol. The summed E-state index contributed by atoms with van der Waals surface area (Å²) in [6.45, 7) is 5.69. The maximum Gasteiger partial charge on any atom is 0.180 e. The van der Waals surface area contributed by atoms with Gasteiger partial charge in [0.25, 0.3) is 0 Å². The number of carbonyl (C=O) groups is 3. The smallest absolute Gasteiger partial charge is 0.180 e. The summed E-state index contributed by atoms with van der Waals surface area (Å²) in [4.78, 5) is 45.6. The number of Topliss-reactive ketones (excluding diaryl/α,β-unsaturated/α-hetero) is 3. The van der Waals surface area contributed by atoms with Gasteiger partial charge in [-0.1, -0.05) is 85.3 Å². The van der Waals surface area contributed by atoms with Crippen LogP contribution in [0.15, 0.2) is 77.3 Å². The zero-order valence-electron chi connectivity index (χ0n) is 21.7. The molecule has 0 radical (unpaired) electrons.